The van der Waals surface area contributed by atoms with Crippen LogP contribution in [-0.2, 0) is 25.7 Å². The molecule has 7 nitrogen and oxygen atoms in total. The molecule has 1 unspecified atom stereocenters. The molecule has 0 saturated carbocycles. The summed E-state index contributed by atoms with van der Waals surface area (Å²) in [6.07, 6.45) is -0.434. The molecule has 0 fully saturated rings. The van der Waals surface area contributed by atoms with Crippen molar-refractivity contribution in [2.45, 2.75) is 37.9 Å². The molecule has 1 heterocycles. The third-order valence-corrected chi connectivity index (χ3v) is 6.23. The first-order valence-corrected chi connectivity index (χ1v) is 10.1. The summed E-state index contributed by atoms with van der Waals surface area (Å²) in [6, 6.07) is 4.77. The SMILES string of the molecule is CC1=[N+]c2ccc(C(CCS(=O)(=O)O)S(=O)(=O)O)cc2C1(C)C. The van der Waals surface area contributed by atoms with Crippen molar-refractivity contribution in [1.82, 2.24) is 4.99 Å². The van der Waals surface area contributed by atoms with Crippen molar-refractivity contribution in [3.05, 3.63) is 29.3 Å². The van der Waals surface area contributed by atoms with E-state index in [2.05, 4.69) is 4.99 Å². The molecule has 1 aliphatic heterocycles. The van der Waals surface area contributed by atoms with Crippen LogP contribution in [0.4, 0.5) is 5.69 Å². The summed E-state index contributed by atoms with van der Waals surface area (Å²) in [7, 11) is -8.85. The van der Waals surface area contributed by atoms with Crippen LogP contribution >= 0.6 is 0 Å². The summed E-state index contributed by atoms with van der Waals surface area (Å²) in [5.74, 6) is -0.756. The van der Waals surface area contributed by atoms with Gasteiger partial charge in [0.25, 0.3) is 25.9 Å². The lowest BCUT2D eigenvalue weighted by atomic mass is 9.81. The number of hydrogen-bond donors (Lipinski definition) is 2. The Kier molecular flexibility index (Phi) is 4.44. The van der Waals surface area contributed by atoms with E-state index < -0.39 is 37.7 Å². The van der Waals surface area contributed by atoms with Crippen molar-refractivity contribution >= 4 is 31.6 Å². The number of aliphatic imine (C=N–C) groups is 1. The number of hydrogen-bond acceptors (Lipinski definition) is 5. The van der Waals surface area contributed by atoms with Crippen LogP contribution in [0.3, 0.4) is 0 Å². The second kappa shape index (κ2) is 5.66. The van der Waals surface area contributed by atoms with Crippen LogP contribution < -0.4 is 4.99 Å². The van der Waals surface area contributed by atoms with Gasteiger partial charge in [0, 0.05) is 18.6 Å². The maximum Gasteiger partial charge on any atom is 0.281 e. The summed E-state index contributed by atoms with van der Waals surface area (Å²) in [5.41, 5.74) is 2.31. The van der Waals surface area contributed by atoms with Gasteiger partial charge in [-0.15, -0.1) is 0 Å². The topological polar surface area (TPSA) is 123 Å². The number of nitrogens with zero attached hydrogens (tertiary/aromatic N) is 1. The zero-order chi connectivity index (χ0) is 17.6. The average molecular weight is 361 g/mol. The Morgan fingerprint density at radius 3 is 2.30 bits per heavy atom. The summed E-state index contributed by atoms with van der Waals surface area (Å²) < 4.78 is 63.3. The molecule has 1 aliphatic rings. The Hall–Kier alpha value is -1.29. The van der Waals surface area contributed by atoms with Crippen LogP contribution in [0.15, 0.2) is 18.2 Å². The van der Waals surface area contributed by atoms with Gasteiger partial charge in [0.15, 0.2) is 0 Å². The van der Waals surface area contributed by atoms with Gasteiger partial charge < -0.3 is 0 Å². The van der Waals surface area contributed by atoms with E-state index in [1.165, 1.54) is 6.07 Å². The third kappa shape index (κ3) is 3.79. The van der Waals surface area contributed by atoms with Crippen LogP contribution in [0.5, 0.6) is 0 Å². The molecule has 2 N–H and O–H groups in total. The van der Waals surface area contributed by atoms with Crippen molar-refractivity contribution < 1.29 is 25.9 Å². The summed E-state index contributed by atoms with van der Waals surface area (Å²) in [4.78, 5) is 4.42. The minimum absolute atomic E-state index is 0.271. The Bertz CT molecular complexity index is 869. The highest BCUT2D eigenvalue weighted by Crippen LogP contribution is 2.38. The number of benzene rings is 1. The fourth-order valence-corrected chi connectivity index (χ4v) is 4.20. The monoisotopic (exact) mass is 361 g/mol. The molecular weight excluding hydrogens is 342 g/mol. The summed E-state index contributed by atoms with van der Waals surface area (Å²) >= 11 is 0. The maximum atomic E-state index is 11.6. The van der Waals surface area contributed by atoms with Crippen molar-refractivity contribution in [2.75, 3.05) is 5.75 Å². The number of fused-ring (bicyclic) bond motifs is 1. The van der Waals surface area contributed by atoms with Crippen LogP contribution in [0.25, 0.3) is 0 Å². The first kappa shape index (κ1) is 18.1. The van der Waals surface area contributed by atoms with E-state index in [1.807, 2.05) is 20.8 Å². The second-order valence-corrected chi connectivity index (χ2v) is 9.35. The van der Waals surface area contributed by atoms with Gasteiger partial charge in [0.05, 0.1) is 16.2 Å². The summed E-state index contributed by atoms with van der Waals surface area (Å²) in [6.45, 7) is 5.77. The van der Waals surface area contributed by atoms with Crippen molar-refractivity contribution in [3.8, 4) is 0 Å². The standard InChI is InChI=1S/C14H19NO6S2/c1-9-14(2,3)11-8-10(4-5-12(11)15-9)13(23(19,20)21)6-7-22(16,17)18/h4-5,8,13H,6-7H2,1-3H3,(H,16,17,18)(H,19,20,21)/q+1. The molecule has 0 spiro atoms. The minimum Gasteiger partial charge on any atom is -0.286 e. The molecular formula is C14H19NO6S2+. The predicted molar refractivity (Wildman–Crippen MR) is 87.3 cm³/mol. The molecule has 23 heavy (non-hydrogen) atoms. The first-order valence-electron chi connectivity index (χ1n) is 6.94. The van der Waals surface area contributed by atoms with E-state index in [9.17, 15) is 21.4 Å². The molecule has 1 atom stereocenters. The summed E-state index contributed by atoms with van der Waals surface area (Å²) in [5, 5.41) is -1.42. The Labute approximate surface area is 135 Å². The van der Waals surface area contributed by atoms with Gasteiger partial charge in [-0.25, -0.2) is 0 Å². The molecule has 0 aliphatic carbocycles. The van der Waals surface area contributed by atoms with E-state index >= 15 is 0 Å². The van der Waals surface area contributed by atoms with E-state index in [-0.39, 0.29) is 11.0 Å². The van der Waals surface area contributed by atoms with Gasteiger partial charge in [-0.2, -0.15) is 16.8 Å². The molecule has 0 bridgehead atoms. The lowest BCUT2D eigenvalue weighted by molar-refractivity contribution is 0.462. The Balaban J connectivity index is 2.46. The van der Waals surface area contributed by atoms with Gasteiger partial charge in [-0.05, 0) is 31.9 Å². The zero-order valence-corrected chi connectivity index (χ0v) is 14.6. The van der Waals surface area contributed by atoms with Gasteiger partial charge in [0.2, 0.25) is 5.71 Å². The van der Waals surface area contributed by atoms with Crippen molar-refractivity contribution in [2.24, 2.45) is 0 Å². The fraction of sp³-hybridized carbons (Fsp3) is 0.500. The fourth-order valence-electron chi connectivity index (χ4n) is 2.61. The van der Waals surface area contributed by atoms with Crippen LogP contribution in [0, 0.1) is 0 Å². The highest BCUT2D eigenvalue weighted by Gasteiger charge is 2.43. The second-order valence-electron chi connectivity index (χ2n) is 6.18. The van der Waals surface area contributed by atoms with Crippen molar-refractivity contribution in [1.29, 1.82) is 0 Å². The normalized spacial score (nSPS) is 18.4. The lowest BCUT2D eigenvalue weighted by Gasteiger charge is -2.17. The first-order chi connectivity index (χ1) is 10.3. The smallest absolute Gasteiger partial charge is 0.281 e. The minimum atomic E-state index is -4.52. The zero-order valence-electron chi connectivity index (χ0n) is 13.0. The number of rotatable bonds is 5. The molecule has 9 heteroatoms. The Morgan fingerprint density at radius 2 is 1.78 bits per heavy atom. The quantitative estimate of drug-likeness (QED) is 0.768. The van der Waals surface area contributed by atoms with Crippen LogP contribution in [0.1, 0.15) is 43.6 Å². The lowest BCUT2D eigenvalue weighted by Crippen LogP contribution is -2.24. The molecule has 0 amide bonds. The molecule has 1 aromatic carbocycles. The molecule has 127 valence electrons. The largest absolute Gasteiger partial charge is 0.286 e. The molecule has 0 aromatic heterocycles. The van der Waals surface area contributed by atoms with E-state index in [4.69, 9.17) is 4.55 Å². The van der Waals surface area contributed by atoms with E-state index in [0.717, 1.165) is 17.0 Å². The molecule has 2 rings (SSSR count). The van der Waals surface area contributed by atoms with Gasteiger partial charge in [-0.3, -0.25) is 9.11 Å². The van der Waals surface area contributed by atoms with Gasteiger partial charge in [-0.1, -0.05) is 6.07 Å². The maximum absolute atomic E-state index is 11.6. The third-order valence-electron chi connectivity index (χ3n) is 4.26. The molecule has 1 aromatic rings. The van der Waals surface area contributed by atoms with Crippen LogP contribution in [0.2, 0.25) is 0 Å². The van der Waals surface area contributed by atoms with Crippen molar-refractivity contribution in [3.63, 3.8) is 0 Å². The van der Waals surface area contributed by atoms with E-state index in [1.54, 1.807) is 12.1 Å². The van der Waals surface area contributed by atoms with Gasteiger partial charge >= 0.3 is 0 Å². The Morgan fingerprint density at radius 1 is 1.17 bits per heavy atom. The predicted octanol–water partition coefficient (Wildman–Crippen LogP) is 1.61. The highest BCUT2D eigenvalue weighted by molar-refractivity contribution is 7.86. The molecule has 1 radical (unpaired) electrons. The van der Waals surface area contributed by atoms with E-state index in [0.29, 0.717) is 0 Å². The average Bonchev–Trinajstić information content (AvgIpc) is 2.58. The molecule has 0 saturated heterocycles. The van der Waals surface area contributed by atoms with Gasteiger partial charge in [0.1, 0.15) is 5.25 Å². The van der Waals surface area contributed by atoms with Crippen LogP contribution in [-0.4, -0.2) is 37.4 Å². The highest BCUT2D eigenvalue weighted by atomic mass is 32.2.